The van der Waals surface area contributed by atoms with Gasteiger partial charge in [0.05, 0.1) is 23.5 Å². The summed E-state index contributed by atoms with van der Waals surface area (Å²) in [5.41, 5.74) is 6.79. The van der Waals surface area contributed by atoms with Crippen LogP contribution in [0.2, 0.25) is 0 Å². The summed E-state index contributed by atoms with van der Waals surface area (Å²) < 4.78 is 5.55. The molecule has 0 radical (unpaired) electrons. The van der Waals surface area contributed by atoms with Crippen LogP contribution in [0, 0.1) is 0 Å². The number of carboxylic acids is 1. The predicted octanol–water partition coefficient (Wildman–Crippen LogP) is 1.91. The molecule has 0 fully saturated rings. The minimum Gasteiger partial charge on any atom is -0.491 e. The number of benzene rings is 1. The molecule has 20 heavy (non-hydrogen) atoms. The molecule has 1 aromatic heterocycles. The van der Waals surface area contributed by atoms with Gasteiger partial charge in [0.25, 0.3) is 0 Å². The third kappa shape index (κ3) is 2.11. The second-order valence-electron chi connectivity index (χ2n) is 4.51. The fourth-order valence-corrected chi connectivity index (χ4v) is 2.19. The van der Waals surface area contributed by atoms with Crippen LogP contribution in [0.3, 0.4) is 0 Å². The van der Waals surface area contributed by atoms with E-state index in [4.69, 9.17) is 15.6 Å². The van der Waals surface area contributed by atoms with E-state index in [2.05, 4.69) is 10.3 Å². The van der Waals surface area contributed by atoms with Crippen molar-refractivity contribution in [1.29, 1.82) is 0 Å². The lowest BCUT2D eigenvalue weighted by molar-refractivity contribution is 0.0698. The Kier molecular flexibility index (Phi) is 2.90. The van der Waals surface area contributed by atoms with Crippen LogP contribution < -0.4 is 15.8 Å². The summed E-state index contributed by atoms with van der Waals surface area (Å²) >= 11 is 0. The van der Waals surface area contributed by atoms with Gasteiger partial charge in [0, 0.05) is 5.56 Å². The van der Waals surface area contributed by atoms with Crippen LogP contribution in [0.4, 0.5) is 11.5 Å². The SMILES string of the molecule is Nc1cnc(NC2COc3ccccc32)cc1C(=O)O. The van der Waals surface area contributed by atoms with Crippen molar-refractivity contribution >= 4 is 17.5 Å². The summed E-state index contributed by atoms with van der Waals surface area (Å²) in [6.45, 7) is 0.480. The maximum absolute atomic E-state index is 11.0. The van der Waals surface area contributed by atoms with E-state index in [1.54, 1.807) is 0 Å². The number of fused-ring (bicyclic) bond motifs is 1. The number of nitrogen functional groups attached to an aromatic ring is 1. The number of aromatic carboxylic acids is 1. The molecule has 0 saturated carbocycles. The summed E-state index contributed by atoms with van der Waals surface area (Å²) in [5.74, 6) is 0.219. The quantitative estimate of drug-likeness (QED) is 0.789. The number of nitrogens with one attached hydrogen (secondary N) is 1. The number of aromatic nitrogens is 1. The van der Waals surface area contributed by atoms with E-state index < -0.39 is 5.97 Å². The number of ether oxygens (including phenoxy) is 1. The van der Waals surface area contributed by atoms with Crippen molar-refractivity contribution in [3.05, 3.63) is 47.7 Å². The number of carbonyl (C=O) groups is 1. The highest BCUT2D eigenvalue weighted by Gasteiger charge is 2.24. The molecule has 0 spiro atoms. The largest absolute Gasteiger partial charge is 0.491 e. The van der Waals surface area contributed by atoms with E-state index in [0.717, 1.165) is 11.3 Å². The van der Waals surface area contributed by atoms with Gasteiger partial charge in [-0.15, -0.1) is 0 Å². The molecule has 2 aromatic rings. The molecule has 0 aliphatic carbocycles. The molecule has 6 heteroatoms. The average molecular weight is 271 g/mol. The smallest absolute Gasteiger partial charge is 0.337 e. The molecular weight excluding hydrogens is 258 g/mol. The Bertz CT molecular complexity index is 672. The molecule has 0 saturated heterocycles. The highest BCUT2D eigenvalue weighted by atomic mass is 16.5. The number of rotatable bonds is 3. The molecule has 1 aliphatic rings. The first-order valence-electron chi connectivity index (χ1n) is 6.12. The minimum absolute atomic E-state index is 0.0368. The Labute approximate surface area is 115 Å². The van der Waals surface area contributed by atoms with E-state index in [9.17, 15) is 4.79 Å². The Morgan fingerprint density at radius 3 is 3.05 bits per heavy atom. The Morgan fingerprint density at radius 2 is 2.25 bits per heavy atom. The highest BCUT2D eigenvalue weighted by molar-refractivity contribution is 5.94. The fourth-order valence-electron chi connectivity index (χ4n) is 2.19. The van der Waals surface area contributed by atoms with Crippen molar-refractivity contribution in [2.45, 2.75) is 6.04 Å². The zero-order chi connectivity index (χ0) is 14.1. The Balaban J connectivity index is 1.86. The average Bonchev–Trinajstić information content (AvgIpc) is 2.84. The molecule has 3 rings (SSSR count). The lowest BCUT2D eigenvalue weighted by Crippen LogP contribution is -2.14. The number of nitrogens with two attached hydrogens (primary N) is 1. The van der Waals surface area contributed by atoms with E-state index in [1.165, 1.54) is 12.3 Å². The van der Waals surface area contributed by atoms with Crippen molar-refractivity contribution in [2.24, 2.45) is 0 Å². The number of nitrogens with zero attached hydrogens (tertiary/aromatic N) is 1. The monoisotopic (exact) mass is 271 g/mol. The van der Waals surface area contributed by atoms with E-state index in [0.29, 0.717) is 12.4 Å². The highest BCUT2D eigenvalue weighted by Crippen LogP contribution is 2.33. The summed E-state index contributed by atoms with van der Waals surface area (Å²) in [6, 6.07) is 9.08. The van der Waals surface area contributed by atoms with Crippen molar-refractivity contribution in [1.82, 2.24) is 4.98 Å². The van der Waals surface area contributed by atoms with Gasteiger partial charge in [-0.2, -0.15) is 0 Å². The van der Waals surface area contributed by atoms with E-state index in [1.807, 2.05) is 24.3 Å². The van der Waals surface area contributed by atoms with Gasteiger partial charge in [-0.05, 0) is 12.1 Å². The predicted molar refractivity (Wildman–Crippen MR) is 73.9 cm³/mol. The number of carboxylic acid groups (broad SMARTS) is 1. The van der Waals surface area contributed by atoms with Crippen LogP contribution in [-0.4, -0.2) is 22.7 Å². The van der Waals surface area contributed by atoms with Crippen molar-refractivity contribution < 1.29 is 14.6 Å². The second-order valence-corrected chi connectivity index (χ2v) is 4.51. The molecule has 1 atom stereocenters. The molecule has 6 nitrogen and oxygen atoms in total. The van der Waals surface area contributed by atoms with E-state index >= 15 is 0 Å². The van der Waals surface area contributed by atoms with Crippen LogP contribution >= 0.6 is 0 Å². The first-order valence-corrected chi connectivity index (χ1v) is 6.12. The van der Waals surface area contributed by atoms with Crippen molar-refractivity contribution in [2.75, 3.05) is 17.7 Å². The molecule has 1 aromatic carbocycles. The maximum atomic E-state index is 11.0. The summed E-state index contributed by atoms with van der Waals surface area (Å²) in [6.07, 6.45) is 1.34. The number of pyridine rings is 1. The van der Waals surface area contributed by atoms with Gasteiger partial charge in [-0.1, -0.05) is 18.2 Å². The molecule has 1 unspecified atom stereocenters. The van der Waals surface area contributed by atoms with Gasteiger partial charge in [0.1, 0.15) is 18.2 Å². The van der Waals surface area contributed by atoms with Gasteiger partial charge in [0.2, 0.25) is 0 Å². The number of hydrogen-bond donors (Lipinski definition) is 3. The second kappa shape index (κ2) is 4.73. The molecule has 102 valence electrons. The van der Waals surface area contributed by atoms with Crippen LogP contribution in [0.15, 0.2) is 36.5 Å². The van der Waals surface area contributed by atoms with E-state index in [-0.39, 0.29) is 17.3 Å². The van der Waals surface area contributed by atoms with Gasteiger partial charge >= 0.3 is 5.97 Å². The summed E-state index contributed by atoms with van der Waals surface area (Å²) in [7, 11) is 0. The third-order valence-electron chi connectivity index (χ3n) is 3.19. The first-order chi connectivity index (χ1) is 9.65. The van der Waals surface area contributed by atoms with Crippen LogP contribution in [-0.2, 0) is 0 Å². The summed E-state index contributed by atoms with van der Waals surface area (Å²) in [4.78, 5) is 15.2. The zero-order valence-electron chi connectivity index (χ0n) is 10.5. The standard InChI is InChI=1S/C14H13N3O3/c15-10-6-16-13(5-9(10)14(18)19)17-11-7-20-12-4-2-1-3-8(11)12/h1-6,11H,7,15H2,(H,16,17)(H,18,19). The number of anilines is 2. The Morgan fingerprint density at radius 1 is 1.45 bits per heavy atom. The number of hydrogen-bond acceptors (Lipinski definition) is 5. The van der Waals surface area contributed by atoms with Crippen molar-refractivity contribution in [3.8, 4) is 5.75 Å². The first kappa shape index (κ1) is 12.3. The van der Waals surface area contributed by atoms with Gasteiger partial charge in [-0.3, -0.25) is 0 Å². The topological polar surface area (TPSA) is 97.5 Å². The summed E-state index contributed by atoms with van der Waals surface area (Å²) in [5, 5.41) is 12.2. The zero-order valence-corrected chi connectivity index (χ0v) is 10.5. The molecule has 1 aliphatic heterocycles. The third-order valence-corrected chi connectivity index (χ3v) is 3.19. The van der Waals surface area contributed by atoms with Crippen LogP contribution in [0.1, 0.15) is 22.0 Å². The van der Waals surface area contributed by atoms with Crippen molar-refractivity contribution in [3.63, 3.8) is 0 Å². The molecule has 2 heterocycles. The molecular formula is C14H13N3O3. The molecule has 0 amide bonds. The lowest BCUT2D eigenvalue weighted by atomic mass is 10.1. The maximum Gasteiger partial charge on any atom is 0.337 e. The lowest BCUT2D eigenvalue weighted by Gasteiger charge is -2.13. The van der Waals surface area contributed by atoms with Gasteiger partial charge in [-0.25, -0.2) is 9.78 Å². The van der Waals surface area contributed by atoms with Crippen LogP contribution in [0.25, 0.3) is 0 Å². The van der Waals surface area contributed by atoms with Crippen LogP contribution in [0.5, 0.6) is 5.75 Å². The fraction of sp³-hybridized carbons (Fsp3) is 0.143. The molecule has 0 bridgehead atoms. The van der Waals surface area contributed by atoms with Gasteiger partial charge < -0.3 is 20.9 Å². The van der Waals surface area contributed by atoms with Gasteiger partial charge in [0.15, 0.2) is 0 Å². The minimum atomic E-state index is -1.07. The normalized spacial score (nSPS) is 16.3. The molecule has 4 N–H and O–H groups in total. The number of para-hydroxylation sites is 1. The Hall–Kier alpha value is -2.76.